The van der Waals surface area contributed by atoms with Crippen molar-refractivity contribution in [3.05, 3.63) is 29.9 Å². The third-order valence-electron chi connectivity index (χ3n) is 3.67. The molecule has 0 bridgehead atoms. The Hall–Kier alpha value is -0.880. The maximum absolute atomic E-state index is 13.1. The van der Waals surface area contributed by atoms with Crippen molar-refractivity contribution in [3.8, 4) is 0 Å². The predicted molar refractivity (Wildman–Crippen MR) is 85.8 cm³/mol. The van der Waals surface area contributed by atoms with Gasteiger partial charge in [0.25, 0.3) is 0 Å². The lowest BCUT2D eigenvalue weighted by Crippen LogP contribution is -2.43. The number of hydrogen-bond donors (Lipinski definition) is 1. The van der Waals surface area contributed by atoms with E-state index >= 15 is 0 Å². The molecule has 0 spiro atoms. The number of oxazole rings is 1. The molecule has 118 valence electrons. The molecule has 1 atom stereocenters. The van der Waals surface area contributed by atoms with Crippen LogP contribution < -0.4 is 5.32 Å². The summed E-state index contributed by atoms with van der Waals surface area (Å²) in [6.07, 6.45) is 2.39. The summed E-state index contributed by atoms with van der Waals surface area (Å²) in [5.74, 6) is 0.376. The fourth-order valence-corrected chi connectivity index (χ4v) is 2.64. The number of halogens is 3. The highest BCUT2D eigenvalue weighted by Crippen LogP contribution is 2.19. The molecule has 1 aromatic heterocycles. The zero-order valence-electron chi connectivity index (χ0n) is 11.8. The van der Waals surface area contributed by atoms with Crippen molar-refractivity contribution in [1.82, 2.24) is 15.2 Å². The number of nitrogens with one attached hydrogen (secondary N) is 1. The molecule has 1 aromatic carbocycles. The first-order chi connectivity index (χ1) is 9.24. The molecule has 1 N–H and O–H groups in total. The highest BCUT2D eigenvalue weighted by Gasteiger charge is 2.20. The molecule has 7 heteroatoms. The van der Waals surface area contributed by atoms with Crippen molar-refractivity contribution in [2.24, 2.45) is 0 Å². The van der Waals surface area contributed by atoms with Crippen molar-refractivity contribution in [3.63, 3.8) is 0 Å². The van der Waals surface area contributed by atoms with Crippen molar-refractivity contribution in [2.45, 2.75) is 25.4 Å². The van der Waals surface area contributed by atoms with Gasteiger partial charge in [-0.05, 0) is 38.6 Å². The minimum Gasteiger partial charge on any atom is -0.439 e. The summed E-state index contributed by atoms with van der Waals surface area (Å²) in [6.45, 7) is 2.75. The number of nitrogens with zero attached hydrogens (tertiary/aromatic N) is 2. The van der Waals surface area contributed by atoms with E-state index in [1.54, 1.807) is 6.07 Å². The van der Waals surface area contributed by atoms with Crippen LogP contribution in [0.1, 0.15) is 18.7 Å². The summed E-state index contributed by atoms with van der Waals surface area (Å²) in [6, 6.07) is 4.99. The van der Waals surface area contributed by atoms with Crippen LogP contribution in [-0.4, -0.2) is 36.1 Å². The normalized spacial score (nSPS) is 19.0. The number of likely N-dealkylation sites (tertiary alicyclic amines) is 1. The average molecular weight is 336 g/mol. The number of piperidine rings is 1. The smallest absolute Gasteiger partial charge is 0.209 e. The fourth-order valence-electron chi connectivity index (χ4n) is 2.64. The third-order valence-corrected chi connectivity index (χ3v) is 3.67. The number of rotatable bonds is 3. The van der Waals surface area contributed by atoms with Crippen LogP contribution in [0.5, 0.6) is 0 Å². The minimum absolute atomic E-state index is 0. The van der Waals surface area contributed by atoms with E-state index in [1.807, 2.05) is 7.05 Å². The standard InChI is InChI=1S/C14H18FN3O.2ClH/c1-16-11-3-2-6-18(8-11)9-14-17-12-5-4-10(15)7-13(12)19-14;;/h4-5,7,11,16H,2-3,6,8-9H2,1H3;2*1H. The highest BCUT2D eigenvalue weighted by atomic mass is 35.5. The summed E-state index contributed by atoms with van der Waals surface area (Å²) < 4.78 is 18.7. The topological polar surface area (TPSA) is 41.3 Å². The Morgan fingerprint density at radius 3 is 3.00 bits per heavy atom. The monoisotopic (exact) mass is 335 g/mol. The second-order valence-corrected chi connectivity index (χ2v) is 5.08. The second-order valence-electron chi connectivity index (χ2n) is 5.08. The van der Waals surface area contributed by atoms with E-state index in [1.165, 1.54) is 25.0 Å². The zero-order valence-corrected chi connectivity index (χ0v) is 13.5. The van der Waals surface area contributed by atoms with Gasteiger partial charge < -0.3 is 9.73 Å². The van der Waals surface area contributed by atoms with Gasteiger partial charge >= 0.3 is 0 Å². The Labute approximate surface area is 135 Å². The van der Waals surface area contributed by atoms with Gasteiger partial charge in [0.2, 0.25) is 5.89 Å². The van der Waals surface area contributed by atoms with Crippen molar-refractivity contribution >= 4 is 35.9 Å². The van der Waals surface area contributed by atoms with Gasteiger partial charge in [-0.2, -0.15) is 0 Å². The molecule has 1 saturated heterocycles. The van der Waals surface area contributed by atoms with Gasteiger partial charge in [0, 0.05) is 18.7 Å². The molecule has 21 heavy (non-hydrogen) atoms. The van der Waals surface area contributed by atoms with Gasteiger partial charge in [-0.25, -0.2) is 9.37 Å². The molecule has 0 saturated carbocycles. The number of benzene rings is 1. The maximum Gasteiger partial charge on any atom is 0.209 e. The Bertz CT molecular complexity index is 578. The van der Waals surface area contributed by atoms with E-state index in [9.17, 15) is 4.39 Å². The number of fused-ring (bicyclic) bond motifs is 1. The van der Waals surface area contributed by atoms with Gasteiger partial charge in [0.05, 0.1) is 6.54 Å². The van der Waals surface area contributed by atoms with Crippen molar-refractivity contribution < 1.29 is 8.81 Å². The van der Waals surface area contributed by atoms with Gasteiger partial charge in [-0.15, -0.1) is 24.8 Å². The highest BCUT2D eigenvalue weighted by molar-refractivity contribution is 5.85. The van der Waals surface area contributed by atoms with E-state index in [2.05, 4.69) is 15.2 Å². The number of hydrogen-bond acceptors (Lipinski definition) is 4. The lowest BCUT2D eigenvalue weighted by Gasteiger charge is -2.31. The maximum atomic E-state index is 13.1. The van der Waals surface area contributed by atoms with E-state index in [0.717, 1.165) is 18.6 Å². The van der Waals surface area contributed by atoms with Crippen LogP contribution in [0.3, 0.4) is 0 Å². The van der Waals surface area contributed by atoms with Crippen LogP contribution >= 0.6 is 24.8 Å². The first-order valence-corrected chi connectivity index (χ1v) is 6.69. The van der Waals surface area contributed by atoms with Gasteiger partial charge in [0.15, 0.2) is 5.58 Å². The lowest BCUT2D eigenvalue weighted by atomic mass is 10.1. The van der Waals surface area contributed by atoms with Gasteiger partial charge in [0.1, 0.15) is 11.3 Å². The molecular weight excluding hydrogens is 316 g/mol. The van der Waals surface area contributed by atoms with Crippen molar-refractivity contribution in [2.75, 3.05) is 20.1 Å². The second kappa shape index (κ2) is 7.94. The number of aromatic nitrogens is 1. The molecule has 1 fully saturated rings. The van der Waals surface area contributed by atoms with E-state index in [-0.39, 0.29) is 30.6 Å². The molecule has 1 aliphatic rings. The molecule has 0 amide bonds. The molecular formula is C14H20Cl2FN3O. The summed E-state index contributed by atoms with van der Waals surface area (Å²) in [5.41, 5.74) is 1.25. The molecule has 4 nitrogen and oxygen atoms in total. The first-order valence-electron chi connectivity index (χ1n) is 6.69. The zero-order chi connectivity index (χ0) is 13.2. The summed E-state index contributed by atoms with van der Waals surface area (Å²) in [7, 11) is 2.00. The van der Waals surface area contributed by atoms with Gasteiger partial charge in [-0.3, -0.25) is 4.90 Å². The third kappa shape index (κ3) is 4.30. The quantitative estimate of drug-likeness (QED) is 0.936. The Kier molecular flexibility index (Phi) is 6.87. The SMILES string of the molecule is CNC1CCCN(Cc2nc3ccc(F)cc3o2)C1.Cl.Cl. The minimum atomic E-state index is -0.289. The molecule has 0 aliphatic carbocycles. The Morgan fingerprint density at radius 2 is 2.24 bits per heavy atom. The molecule has 2 heterocycles. The summed E-state index contributed by atoms with van der Waals surface area (Å²) >= 11 is 0. The summed E-state index contributed by atoms with van der Waals surface area (Å²) in [4.78, 5) is 6.73. The largest absolute Gasteiger partial charge is 0.439 e. The fraction of sp³-hybridized carbons (Fsp3) is 0.500. The van der Waals surface area contributed by atoms with Crippen LogP contribution in [0.15, 0.2) is 22.6 Å². The lowest BCUT2D eigenvalue weighted by molar-refractivity contribution is 0.174. The van der Waals surface area contributed by atoms with E-state index in [4.69, 9.17) is 4.42 Å². The Morgan fingerprint density at radius 1 is 1.43 bits per heavy atom. The molecule has 3 rings (SSSR count). The predicted octanol–water partition coefficient (Wildman–Crippen LogP) is 2.99. The summed E-state index contributed by atoms with van der Waals surface area (Å²) in [5, 5.41) is 3.31. The van der Waals surface area contributed by atoms with Crippen LogP contribution in [0.25, 0.3) is 11.1 Å². The molecule has 1 aliphatic heterocycles. The Balaban J connectivity index is 0.00000110. The van der Waals surface area contributed by atoms with E-state index in [0.29, 0.717) is 24.1 Å². The van der Waals surface area contributed by atoms with Crippen LogP contribution in [0.2, 0.25) is 0 Å². The molecule has 1 unspecified atom stereocenters. The van der Waals surface area contributed by atoms with Crippen molar-refractivity contribution in [1.29, 1.82) is 0 Å². The van der Waals surface area contributed by atoms with Crippen LogP contribution in [0.4, 0.5) is 4.39 Å². The molecule has 0 radical (unpaired) electrons. The number of likely N-dealkylation sites (N-methyl/N-ethyl adjacent to an activating group) is 1. The molecule has 2 aromatic rings. The first kappa shape index (κ1) is 18.2. The van der Waals surface area contributed by atoms with E-state index < -0.39 is 0 Å². The van der Waals surface area contributed by atoms with Crippen LogP contribution in [0, 0.1) is 5.82 Å². The van der Waals surface area contributed by atoms with Gasteiger partial charge in [-0.1, -0.05) is 0 Å². The van der Waals surface area contributed by atoms with Crippen LogP contribution in [-0.2, 0) is 6.54 Å². The average Bonchev–Trinajstić information content (AvgIpc) is 2.80.